The summed E-state index contributed by atoms with van der Waals surface area (Å²) in [6.45, 7) is 4.28. The highest BCUT2D eigenvalue weighted by atomic mass is 35.5. The third-order valence-corrected chi connectivity index (χ3v) is 4.69. The number of amides is 1. The largest absolute Gasteiger partial charge is 0.437 e. The van der Waals surface area contributed by atoms with Gasteiger partial charge in [0, 0.05) is 27.7 Å². The normalized spacial score (nSPS) is 15.1. The Balaban J connectivity index is 1.75. The first-order valence-corrected chi connectivity index (χ1v) is 9.03. The predicted octanol–water partition coefficient (Wildman–Crippen LogP) is 5.08. The fourth-order valence-electron chi connectivity index (χ4n) is 3.30. The summed E-state index contributed by atoms with van der Waals surface area (Å²) < 4.78 is 0. The van der Waals surface area contributed by atoms with E-state index >= 15 is 0 Å². The van der Waals surface area contributed by atoms with Crippen LogP contribution in [0.3, 0.4) is 0 Å². The van der Waals surface area contributed by atoms with Crippen molar-refractivity contribution in [2.45, 2.75) is 46.0 Å². The molecular weight excluding hydrogens is 338 g/mol. The molecule has 0 unspecified atom stereocenters. The number of halogens is 1. The lowest BCUT2D eigenvalue weighted by atomic mass is 9.91. The van der Waals surface area contributed by atoms with Crippen molar-refractivity contribution >= 4 is 29.1 Å². The standard InChI is InChI=1S/C19H22ClN3O2/c1-3-14-15(4-2)22-16-6-5-7-17(18(14)16)23-25-19(24)21-13-10-8-12(20)9-11-13/h8-11,22H,3-7H2,1-2H3,(H,21,24)/b23-17+. The molecule has 5 nitrogen and oxygen atoms in total. The number of anilines is 1. The SMILES string of the molecule is CCc1[nH]c2c(c1CC)/C(=N/OC(=O)Nc1ccc(Cl)cc1)CCC2. The Labute approximate surface area is 152 Å². The number of hydrogen-bond donors (Lipinski definition) is 2. The van der Waals surface area contributed by atoms with Gasteiger partial charge in [0.1, 0.15) is 0 Å². The zero-order valence-corrected chi connectivity index (χ0v) is 15.2. The van der Waals surface area contributed by atoms with Crippen LogP contribution >= 0.6 is 11.6 Å². The summed E-state index contributed by atoms with van der Waals surface area (Å²) in [4.78, 5) is 20.6. The number of oxime groups is 1. The van der Waals surface area contributed by atoms with Gasteiger partial charge in [0.25, 0.3) is 0 Å². The van der Waals surface area contributed by atoms with Gasteiger partial charge in [-0.05, 0) is 61.9 Å². The van der Waals surface area contributed by atoms with Gasteiger partial charge in [0.15, 0.2) is 0 Å². The molecule has 2 N–H and O–H groups in total. The van der Waals surface area contributed by atoms with Gasteiger partial charge in [-0.1, -0.05) is 30.6 Å². The minimum absolute atomic E-state index is 0.605. The lowest BCUT2D eigenvalue weighted by Gasteiger charge is -2.15. The maximum Gasteiger partial charge on any atom is 0.437 e. The van der Waals surface area contributed by atoms with Crippen LogP contribution < -0.4 is 5.32 Å². The summed E-state index contributed by atoms with van der Waals surface area (Å²) in [5.74, 6) is 0. The molecule has 3 rings (SSSR count). The Morgan fingerprint density at radius 1 is 1.24 bits per heavy atom. The molecule has 2 aromatic rings. The van der Waals surface area contributed by atoms with E-state index in [4.69, 9.17) is 16.4 Å². The van der Waals surface area contributed by atoms with Crippen molar-refractivity contribution in [3.05, 3.63) is 51.8 Å². The van der Waals surface area contributed by atoms with Gasteiger partial charge in [0.05, 0.1) is 5.71 Å². The van der Waals surface area contributed by atoms with E-state index in [9.17, 15) is 4.79 Å². The topological polar surface area (TPSA) is 66.5 Å². The molecule has 0 saturated heterocycles. The summed E-state index contributed by atoms with van der Waals surface area (Å²) in [5, 5.41) is 7.41. The molecule has 1 aliphatic rings. The van der Waals surface area contributed by atoms with Gasteiger partial charge >= 0.3 is 6.09 Å². The second-order valence-corrected chi connectivity index (χ2v) is 6.48. The summed E-state index contributed by atoms with van der Waals surface area (Å²) >= 11 is 5.83. The number of fused-ring (bicyclic) bond motifs is 1. The fraction of sp³-hybridized carbons (Fsp3) is 0.368. The van der Waals surface area contributed by atoms with E-state index in [1.165, 1.54) is 17.0 Å². The number of H-pyrrole nitrogens is 1. The molecule has 0 spiro atoms. The maximum absolute atomic E-state index is 12.0. The quantitative estimate of drug-likeness (QED) is 0.590. The smallest absolute Gasteiger partial charge is 0.361 e. The molecule has 0 atom stereocenters. The lowest BCUT2D eigenvalue weighted by molar-refractivity contribution is 0.166. The molecule has 0 radical (unpaired) electrons. The highest BCUT2D eigenvalue weighted by Crippen LogP contribution is 2.28. The molecule has 1 amide bonds. The zero-order chi connectivity index (χ0) is 17.8. The average molecular weight is 360 g/mol. The van der Waals surface area contributed by atoms with E-state index in [0.717, 1.165) is 43.4 Å². The Morgan fingerprint density at radius 3 is 2.68 bits per heavy atom. The molecule has 1 aromatic carbocycles. The van der Waals surface area contributed by atoms with Crippen molar-refractivity contribution in [2.75, 3.05) is 5.32 Å². The van der Waals surface area contributed by atoms with Crippen LogP contribution in [0.25, 0.3) is 0 Å². The summed E-state index contributed by atoms with van der Waals surface area (Å²) in [7, 11) is 0. The van der Waals surface area contributed by atoms with E-state index < -0.39 is 6.09 Å². The van der Waals surface area contributed by atoms with Gasteiger partial charge in [-0.15, -0.1) is 0 Å². The second kappa shape index (κ2) is 7.74. The molecule has 1 aromatic heterocycles. The highest BCUT2D eigenvalue weighted by molar-refractivity contribution is 6.30. The Morgan fingerprint density at radius 2 is 2.00 bits per heavy atom. The molecule has 6 heteroatoms. The third-order valence-electron chi connectivity index (χ3n) is 4.44. The predicted molar refractivity (Wildman–Crippen MR) is 101 cm³/mol. The average Bonchev–Trinajstić information content (AvgIpc) is 3.00. The number of nitrogens with zero attached hydrogens (tertiary/aromatic N) is 1. The molecular formula is C19H22ClN3O2. The van der Waals surface area contributed by atoms with Crippen LogP contribution in [0.5, 0.6) is 0 Å². The van der Waals surface area contributed by atoms with Gasteiger partial charge in [-0.3, -0.25) is 10.2 Å². The molecule has 25 heavy (non-hydrogen) atoms. The lowest BCUT2D eigenvalue weighted by Crippen LogP contribution is -2.16. The first kappa shape index (κ1) is 17.5. The first-order valence-electron chi connectivity index (χ1n) is 8.65. The molecule has 132 valence electrons. The number of benzene rings is 1. The van der Waals surface area contributed by atoms with Crippen molar-refractivity contribution < 1.29 is 9.63 Å². The minimum Gasteiger partial charge on any atom is -0.361 e. The Kier molecular flexibility index (Phi) is 5.43. The van der Waals surface area contributed by atoms with Crippen LogP contribution in [0.1, 0.15) is 49.2 Å². The number of hydrogen-bond acceptors (Lipinski definition) is 3. The van der Waals surface area contributed by atoms with E-state index in [0.29, 0.717) is 10.7 Å². The number of rotatable bonds is 4. The van der Waals surface area contributed by atoms with Crippen LogP contribution in [0.2, 0.25) is 5.02 Å². The van der Waals surface area contributed by atoms with Gasteiger partial charge in [-0.2, -0.15) is 0 Å². The fourth-order valence-corrected chi connectivity index (χ4v) is 3.43. The number of carbonyl (C=O) groups excluding carboxylic acids is 1. The molecule has 1 heterocycles. The molecule has 0 aliphatic heterocycles. The minimum atomic E-state index is -0.605. The van der Waals surface area contributed by atoms with Crippen molar-refractivity contribution in [3.63, 3.8) is 0 Å². The van der Waals surface area contributed by atoms with Crippen LogP contribution in [0.4, 0.5) is 10.5 Å². The maximum atomic E-state index is 12.0. The van der Waals surface area contributed by atoms with Crippen LogP contribution in [-0.4, -0.2) is 16.8 Å². The van der Waals surface area contributed by atoms with Crippen LogP contribution in [-0.2, 0) is 24.1 Å². The van der Waals surface area contributed by atoms with Gasteiger partial charge < -0.3 is 4.98 Å². The number of aromatic nitrogens is 1. The number of aryl methyl sites for hydroxylation is 2. The van der Waals surface area contributed by atoms with Crippen molar-refractivity contribution in [1.82, 2.24) is 4.98 Å². The number of aromatic amines is 1. The number of nitrogens with one attached hydrogen (secondary N) is 2. The van der Waals surface area contributed by atoms with Gasteiger partial charge in [-0.25, -0.2) is 4.79 Å². The number of carbonyl (C=O) groups is 1. The van der Waals surface area contributed by atoms with Crippen molar-refractivity contribution in [3.8, 4) is 0 Å². The monoisotopic (exact) mass is 359 g/mol. The Hall–Kier alpha value is -2.27. The third kappa shape index (κ3) is 3.87. The van der Waals surface area contributed by atoms with E-state index in [-0.39, 0.29) is 0 Å². The van der Waals surface area contributed by atoms with E-state index in [1.807, 2.05) is 0 Å². The van der Waals surface area contributed by atoms with Crippen LogP contribution in [0, 0.1) is 0 Å². The van der Waals surface area contributed by atoms with Crippen molar-refractivity contribution in [1.29, 1.82) is 0 Å². The van der Waals surface area contributed by atoms with Crippen molar-refractivity contribution in [2.24, 2.45) is 5.16 Å². The molecule has 0 bridgehead atoms. The molecule has 1 aliphatic carbocycles. The highest BCUT2D eigenvalue weighted by Gasteiger charge is 2.24. The Bertz CT molecular complexity index is 794. The summed E-state index contributed by atoms with van der Waals surface area (Å²) in [6, 6.07) is 6.83. The second-order valence-electron chi connectivity index (χ2n) is 6.04. The van der Waals surface area contributed by atoms with Gasteiger partial charge in [0.2, 0.25) is 0 Å². The van der Waals surface area contributed by atoms with E-state index in [2.05, 4.69) is 29.3 Å². The zero-order valence-electron chi connectivity index (χ0n) is 14.5. The van der Waals surface area contributed by atoms with E-state index in [1.54, 1.807) is 24.3 Å². The van der Waals surface area contributed by atoms with Crippen LogP contribution in [0.15, 0.2) is 29.4 Å². The molecule has 0 fully saturated rings. The molecule has 0 saturated carbocycles. The summed E-state index contributed by atoms with van der Waals surface area (Å²) in [6.07, 6.45) is 4.12. The first-order chi connectivity index (χ1) is 12.1. The summed E-state index contributed by atoms with van der Waals surface area (Å²) in [5.41, 5.74) is 6.36.